The van der Waals surface area contributed by atoms with Gasteiger partial charge in [0.25, 0.3) is 0 Å². The zero-order valence-corrected chi connectivity index (χ0v) is 10.7. The third-order valence-corrected chi connectivity index (χ3v) is 2.36. The van der Waals surface area contributed by atoms with Gasteiger partial charge in [-0.25, -0.2) is 0 Å². The molecule has 0 heterocycles. The SMILES string of the molecule is CCC=CC(F)(F)C(F)(F)C(F)(F)C(F)(F)C=CCC. The molecule has 20 heavy (non-hydrogen) atoms. The first-order valence-corrected chi connectivity index (χ1v) is 5.74. The number of rotatable bonds is 7. The number of allylic oxidation sites excluding steroid dienone is 4. The van der Waals surface area contributed by atoms with Gasteiger partial charge in [0, 0.05) is 0 Å². The van der Waals surface area contributed by atoms with Crippen molar-refractivity contribution in [1.82, 2.24) is 0 Å². The van der Waals surface area contributed by atoms with E-state index in [1.54, 1.807) is 0 Å². The van der Waals surface area contributed by atoms with Crippen molar-refractivity contribution in [3.05, 3.63) is 24.3 Å². The molecule has 0 spiro atoms. The summed E-state index contributed by atoms with van der Waals surface area (Å²) in [6, 6.07) is 0. The summed E-state index contributed by atoms with van der Waals surface area (Å²) in [6.07, 6.45) is -0.234. The van der Waals surface area contributed by atoms with E-state index in [2.05, 4.69) is 0 Å². The van der Waals surface area contributed by atoms with Crippen LogP contribution in [0.5, 0.6) is 0 Å². The molecule has 0 N–H and O–H groups in total. The van der Waals surface area contributed by atoms with E-state index in [0.29, 0.717) is 12.2 Å². The van der Waals surface area contributed by atoms with Crippen LogP contribution < -0.4 is 0 Å². The summed E-state index contributed by atoms with van der Waals surface area (Å²) in [5, 5.41) is 0. The van der Waals surface area contributed by atoms with Crippen molar-refractivity contribution in [3.63, 3.8) is 0 Å². The minimum atomic E-state index is -6.23. The van der Waals surface area contributed by atoms with Crippen LogP contribution in [0.3, 0.4) is 0 Å². The number of alkyl halides is 8. The first-order valence-electron chi connectivity index (χ1n) is 5.74. The molecule has 0 aromatic rings. The molecule has 0 atom stereocenters. The lowest BCUT2D eigenvalue weighted by molar-refractivity contribution is -0.344. The minimum absolute atomic E-state index is 0.136. The third kappa shape index (κ3) is 3.32. The van der Waals surface area contributed by atoms with Crippen molar-refractivity contribution < 1.29 is 35.1 Å². The molecule has 0 aliphatic rings. The molecule has 0 saturated carbocycles. The average molecular weight is 310 g/mol. The third-order valence-electron chi connectivity index (χ3n) is 2.36. The van der Waals surface area contributed by atoms with Gasteiger partial charge >= 0.3 is 23.7 Å². The van der Waals surface area contributed by atoms with E-state index < -0.39 is 35.8 Å². The zero-order chi connectivity index (χ0) is 16.2. The van der Waals surface area contributed by atoms with Crippen molar-refractivity contribution in [2.24, 2.45) is 0 Å². The van der Waals surface area contributed by atoms with Crippen molar-refractivity contribution in [1.29, 1.82) is 0 Å². The maximum absolute atomic E-state index is 13.2. The van der Waals surface area contributed by atoms with Crippen LogP contribution >= 0.6 is 0 Å². The van der Waals surface area contributed by atoms with Gasteiger partial charge in [0.2, 0.25) is 0 Å². The molecule has 0 aromatic heterocycles. The first kappa shape index (κ1) is 18.9. The summed E-state index contributed by atoms with van der Waals surface area (Å²) in [4.78, 5) is 0. The van der Waals surface area contributed by atoms with Gasteiger partial charge in [-0.05, 0) is 25.0 Å². The minimum Gasteiger partial charge on any atom is -0.195 e. The second-order valence-corrected chi connectivity index (χ2v) is 4.02. The summed E-state index contributed by atoms with van der Waals surface area (Å²) >= 11 is 0. The molecule has 0 rings (SSSR count). The van der Waals surface area contributed by atoms with E-state index in [4.69, 9.17) is 0 Å². The number of halogens is 8. The fourth-order valence-electron chi connectivity index (χ4n) is 1.16. The van der Waals surface area contributed by atoms with E-state index in [-0.39, 0.29) is 12.8 Å². The Morgan fingerprint density at radius 3 is 1.05 bits per heavy atom. The fourth-order valence-corrected chi connectivity index (χ4v) is 1.16. The van der Waals surface area contributed by atoms with Gasteiger partial charge in [-0.15, -0.1) is 0 Å². The van der Waals surface area contributed by atoms with Crippen LogP contribution in [0.2, 0.25) is 0 Å². The monoisotopic (exact) mass is 310 g/mol. The number of hydrogen-bond donors (Lipinski definition) is 0. The predicted octanol–water partition coefficient (Wildman–Crippen LogP) is 5.46. The van der Waals surface area contributed by atoms with Crippen molar-refractivity contribution in [2.45, 2.75) is 50.4 Å². The molecule has 0 nitrogen and oxygen atoms in total. The highest BCUT2D eigenvalue weighted by molar-refractivity contribution is 5.15. The number of hydrogen-bond acceptors (Lipinski definition) is 0. The Morgan fingerprint density at radius 2 is 0.850 bits per heavy atom. The molecule has 0 aliphatic heterocycles. The molecule has 0 aliphatic carbocycles. The topological polar surface area (TPSA) is 0 Å². The molecule has 0 unspecified atom stereocenters. The van der Waals surface area contributed by atoms with Gasteiger partial charge < -0.3 is 0 Å². The quantitative estimate of drug-likeness (QED) is 0.433. The second-order valence-electron chi connectivity index (χ2n) is 4.02. The summed E-state index contributed by atoms with van der Waals surface area (Å²) in [6.45, 7) is 2.59. The van der Waals surface area contributed by atoms with Crippen LogP contribution in [0.25, 0.3) is 0 Å². The highest BCUT2D eigenvalue weighted by Gasteiger charge is 2.79. The second kappa shape index (κ2) is 6.13. The Bertz CT molecular complexity index is 332. The molecule has 0 fully saturated rings. The lowest BCUT2D eigenvalue weighted by atomic mass is 9.97. The molecule has 0 bridgehead atoms. The van der Waals surface area contributed by atoms with Crippen molar-refractivity contribution in [3.8, 4) is 0 Å². The van der Waals surface area contributed by atoms with Gasteiger partial charge in [-0.1, -0.05) is 26.0 Å². The molecular formula is C12H14F8. The van der Waals surface area contributed by atoms with Crippen LogP contribution in [0, 0.1) is 0 Å². The molecule has 0 aromatic carbocycles. The molecule has 0 amide bonds. The average Bonchev–Trinajstić information content (AvgIpc) is 2.33. The summed E-state index contributed by atoms with van der Waals surface area (Å²) in [5.41, 5.74) is 0. The molecule has 118 valence electrons. The summed E-state index contributed by atoms with van der Waals surface area (Å²) < 4.78 is 105. The van der Waals surface area contributed by atoms with E-state index in [9.17, 15) is 35.1 Å². The Hall–Kier alpha value is -1.08. The highest BCUT2D eigenvalue weighted by atomic mass is 19.4. The lowest BCUT2D eigenvalue weighted by Crippen LogP contribution is -2.61. The van der Waals surface area contributed by atoms with E-state index in [1.807, 2.05) is 0 Å². The first-order chi connectivity index (χ1) is 8.87. The maximum atomic E-state index is 13.2. The normalized spacial score (nSPS) is 15.5. The summed E-state index contributed by atoms with van der Waals surface area (Å²) in [5.74, 6) is -23.2. The van der Waals surface area contributed by atoms with Crippen molar-refractivity contribution >= 4 is 0 Å². The Kier molecular flexibility index (Phi) is 5.80. The highest BCUT2D eigenvalue weighted by Crippen LogP contribution is 2.53. The van der Waals surface area contributed by atoms with Gasteiger partial charge in [0.15, 0.2) is 0 Å². The predicted molar refractivity (Wildman–Crippen MR) is 58.7 cm³/mol. The zero-order valence-electron chi connectivity index (χ0n) is 10.7. The van der Waals surface area contributed by atoms with E-state index in [0.717, 1.165) is 0 Å². The van der Waals surface area contributed by atoms with E-state index in [1.165, 1.54) is 13.8 Å². The van der Waals surface area contributed by atoms with Gasteiger partial charge in [-0.2, -0.15) is 35.1 Å². The van der Waals surface area contributed by atoms with Crippen LogP contribution in [-0.2, 0) is 0 Å². The maximum Gasteiger partial charge on any atom is 0.382 e. The van der Waals surface area contributed by atoms with Crippen LogP contribution in [0.4, 0.5) is 35.1 Å². The molecule has 0 radical (unpaired) electrons. The van der Waals surface area contributed by atoms with E-state index >= 15 is 0 Å². The Morgan fingerprint density at radius 1 is 0.600 bits per heavy atom. The lowest BCUT2D eigenvalue weighted by Gasteiger charge is -2.34. The van der Waals surface area contributed by atoms with Gasteiger partial charge in [0.1, 0.15) is 0 Å². The molecule has 8 heteroatoms. The van der Waals surface area contributed by atoms with Crippen LogP contribution in [-0.4, -0.2) is 23.7 Å². The van der Waals surface area contributed by atoms with Crippen LogP contribution in [0.15, 0.2) is 24.3 Å². The van der Waals surface area contributed by atoms with Gasteiger partial charge in [-0.3, -0.25) is 0 Å². The van der Waals surface area contributed by atoms with Crippen molar-refractivity contribution in [2.75, 3.05) is 0 Å². The molecule has 0 saturated heterocycles. The summed E-state index contributed by atoms with van der Waals surface area (Å²) in [7, 11) is 0. The Labute approximate surface area is 111 Å². The standard InChI is InChI=1S/C12H14F8/c1-3-5-7-9(13,14)11(17,18)12(19,20)10(15,16)8-6-4-2/h5-8H,3-4H2,1-2H3. The largest absolute Gasteiger partial charge is 0.382 e. The van der Waals surface area contributed by atoms with Crippen LogP contribution in [0.1, 0.15) is 26.7 Å². The smallest absolute Gasteiger partial charge is 0.195 e. The Balaban J connectivity index is 5.66. The fraction of sp³-hybridized carbons (Fsp3) is 0.667. The molecular weight excluding hydrogens is 296 g/mol. The van der Waals surface area contributed by atoms with Gasteiger partial charge in [0.05, 0.1) is 0 Å².